The van der Waals surface area contributed by atoms with Gasteiger partial charge < -0.3 is 10.6 Å². The summed E-state index contributed by atoms with van der Waals surface area (Å²) < 4.78 is 1.05. The van der Waals surface area contributed by atoms with Gasteiger partial charge in [-0.05, 0) is 36.8 Å². The highest BCUT2D eigenvalue weighted by Gasteiger charge is 1.99. The zero-order valence-electron chi connectivity index (χ0n) is 10.2. The van der Waals surface area contributed by atoms with E-state index in [-0.39, 0.29) is 0 Å². The van der Waals surface area contributed by atoms with Gasteiger partial charge in [0.25, 0.3) is 0 Å². The number of anilines is 3. The van der Waals surface area contributed by atoms with Gasteiger partial charge in [-0.2, -0.15) is 4.98 Å². The van der Waals surface area contributed by atoms with E-state index in [0.29, 0.717) is 5.95 Å². The molecule has 0 bridgehead atoms. The van der Waals surface area contributed by atoms with E-state index in [2.05, 4.69) is 43.5 Å². The number of hydrogen-bond acceptors (Lipinski definition) is 4. The lowest BCUT2D eigenvalue weighted by molar-refractivity contribution is 0.966. The SMILES string of the molecule is CCCNc1ccnc(Nc2ccc(Br)cc2)n1. The number of benzene rings is 1. The molecule has 5 heteroatoms. The van der Waals surface area contributed by atoms with Crippen LogP contribution in [-0.4, -0.2) is 16.5 Å². The molecular weight excluding hydrogens is 292 g/mol. The summed E-state index contributed by atoms with van der Waals surface area (Å²) in [6.07, 6.45) is 2.81. The maximum Gasteiger partial charge on any atom is 0.229 e. The summed E-state index contributed by atoms with van der Waals surface area (Å²) in [5.74, 6) is 1.44. The Balaban J connectivity index is 2.06. The summed E-state index contributed by atoms with van der Waals surface area (Å²) in [7, 11) is 0. The van der Waals surface area contributed by atoms with E-state index in [1.807, 2.05) is 30.3 Å². The lowest BCUT2D eigenvalue weighted by Gasteiger charge is -2.07. The highest BCUT2D eigenvalue weighted by Crippen LogP contribution is 2.17. The molecule has 0 unspecified atom stereocenters. The minimum absolute atomic E-state index is 0.596. The van der Waals surface area contributed by atoms with Crippen molar-refractivity contribution in [2.75, 3.05) is 17.2 Å². The van der Waals surface area contributed by atoms with Crippen LogP contribution in [0.15, 0.2) is 41.0 Å². The molecule has 0 aliphatic heterocycles. The predicted molar refractivity (Wildman–Crippen MR) is 78.2 cm³/mol. The van der Waals surface area contributed by atoms with Gasteiger partial charge in [0.15, 0.2) is 0 Å². The van der Waals surface area contributed by atoms with E-state index >= 15 is 0 Å². The first kappa shape index (κ1) is 12.8. The van der Waals surface area contributed by atoms with E-state index in [4.69, 9.17) is 0 Å². The Labute approximate surface area is 115 Å². The molecule has 0 aliphatic carbocycles. The van der Waals surface area contributed by atoms with Crippen LogP contribution in [0.2, 0.25) is 0 Å². The summed E-state index contributed by atoms with van der Waals surface area (Å²) in [6.45, 7) is 3.03. The second-order valence-corrected chi connectivity index (χ2v) is 4.74. The number of nitrogens with one attached hydrogen (secondary N) is 2. The summed E-state index contributed by atoms with van der Waals surface area (Å²) >= 11 is 3.40. The van der Waals surface area contributed by atoms with Gasteiger partial charge in [0.05, 0.1) is 0 Å². The molecule has 0 saturated carbocycles. The Kier molecular flexibility index (Phi) is 4.52. The first-order valence-electron chi connectivity index (χ1n) is 5.87. The smallest absolute Gasteiger partial charge is 0.229 e. The third-order valence-electron chi connectivity index (χ3n) is 2.31. The standard InChI is InChI=1S/C13H15BrN4/c1-2-8-15-12-7-9-16-13(18-12)17-11-5-3-10(14)4-6-11/h3-7,9H,2,8H2,1H3,(H2,15,16,17,18). The van der Waals surface area contributed by atoms with Crippen LogP contribution in [-0.2, 0) is 0 Å². The van der Waals surface area contributed by atoms with Crippen molar-refractivity contribution >= 4 is 33.4 Å². The van der Waals surface area contributed by atoms with Crippen molar-refractivity contribution in [1.82, 2.24) is 9.97 Å². The molecule has 0 spiro atoms. The van der Waals surface area contributed by atoms with E-state index in [1.54, 1.807) is 6.20 Å². The van der Waals surface area contributed by atoms with Gasteiger partial charge in [-0.3, -0.25) is 0 Å². The highest BCUT2D eigenvalue weighted by atomic mass is 79.9. The van der Waals surface area contributed by atoms with Crippen molar-refractivity contribution in [2.45, 2.75) is 13.3 Å². The van der Waals surface area contributed by atoms with Gasteiger partial charge in [0.2, 0.25) is 5.95 Å². The molecule has 0 fully saturated rings. The monoisotopic (exact) mass is 306 g/mol. The van der Waals surface area contributed by atoms with Crippen LogP contribution in [0.5, 0.6) is 0 Å². The topological polar surface area (TPSA) is 49.8 Å². The first-order valence-corrected chi connectivity index (χ1v) is 6.67. The maximum absolute atomic E-state index is 4.38. The van der Waals surface area contributed by atoms with Gasteiger partial charge >= 0.3 is 0 Å². The number of rotatable bonds is 5. The number of aromatic nitrogens is 2. The van der Waals surface area contributed by atoms with E-state index in [1.165, 1.54) is 0 Å². The van der Waals surface area contributed by atoms with Crippen molar-refractivity contribution in [1.29, 1.82) is 0 Å². The molecule has 0 amide bonds. The predicted octanol–water partition coefficient (Wildman–Crippen LogP) is 3.80. The molecule has 2 N–H and O–H groups in total. The Bertz CT molecular complexity index is 499. The van der Waals surface area contributed by atoms with E-state index in [9.17, 15) is 0 Å². The third kappa shape index (κ3) is 3.70. The molecule has 1 aromatic heterocycles. The molecular formula is C13H15BrN4. The molecule has 0 atom stereocenters. The van der Waals surface area contributed by atoms with Crippen molar-refractivity contribution in [2.24, 2.45) is 0 Å². The minimum Gasteiger partial charge on any atom is -0.370 e. The van der Waals surface area contributed by atoms with Crippen molar-refractivity contribution in [3.63, 3.8) is 0 Å². The zero-order valence-corrected chi connectivity index (χ0v) is 11.7. The Morgan fingerprint density at radius 3 is 2.67 bits per heavy atom. The van der Waals surface area contributed by atoms with Crippen molar-refractivity contribution in [3.05, 3.63) is 41.0 Å². The minimum atomic E-state index is 0.596. The van der Waals surface area contributed by atoms with Crippen molar-refractivity contribution in [3.8, 4) is 0 Å². The molecule has 2 rings (SSSR count). The molecule has 0 radical (unpaired) electrons. The molecule has 18 heavy (non-hydrogen) atoms. The van der Waals surface area contributed by atoms with Crippen LogP contribution in [0, 0.1) is 0 Å². The zero-order chi connectivity index (χ0) is 12.8. The Morgan fingerprint density at radius 2 is 1.94 bits per heavy atom. The largest absolute Gasteiger partial charge is 0.370 e. The molecule has 2 aromatic rings. The van der Waals surface area contributed by atoms with Crippen LogP contribution in [0.3, 0.4) is 0 Å². The average Bonchev–Trinajstić information content (AvgIpc) is 2.40. The summed E-state index contributed by atoms with van der Waals surface area (Å²) in [6, 6.07) is 9.75. The first-order chi connectivity index (χ1) is 8.78. The van der Waals surface area contributed by atoms with Gasteiger partial charge in [-0.1, -0.05) is 22.9 Å². The van der Waals surface area contributed by atoms with Gasteiger partial charge in [0.1, 0.15) is 5.82 Å². The Morgan fingerprint density at radius 1 is 1.17 bits per heavy atom. The van der Waals surface area contributed by atoms with Gasteiger partial charge in [-0.15, -0.1) is 0 Å². The normalized spacial score (nSPS) is 10.1. The second-order valence-electron chi connectivity index (χ2n) is 3.82. The Hall–Kier alpha value is -1.62. The lowest BCUT2D eigenvalue weighted by Crippen LogP contribution is -2.04. The quantitative estimate of drug-likeness (QED) is 0.882. The molecule has 4 nitrogen and oxygen atoms in total. The van der Waals surface area contributed by atoms with E-state index < -0.39 is 0 Å². The second kappa shape index (κ2) is 6.35. The van der Waals surface area contributed by atoms with Crippen LogP contribution >= 0.6 is 15.9 Å². The van der Waals surface area contributed by atoms with Gasteiger partial charge in [0, 0.05) is 22.9 Å². The fraction of sp³-hybridized carbons (Fsp3) is 0.231. The third-order valence-corrected chi connectivity index (χ3v) is 2.84. The van der Waals surface area contributed by atoms with Crippen LogP contribution in [0.1, 0.15) is 13.3 Å². The van der Waals surface area contributed by atoms with Crippen LogP contribution in [0.25, 0.3) is 0 Å². The molecule has 0 aliphatic rings. The maximum atomic E-state index is 4.38. The highest BCUT2D eigenvalue weighted by molar-refractivity contribution is 9.10. The number of halogens is 1. The molecule has 94 valence electrons. The fourth-order valence-corrected chi connectivity index (χ4v) is 1.70. The summed E-state index contributed by atoms with van der Waals surface area (Å²) in [4.78, 5) is 8.57. The van der Waals surface area contributed by atoms with Crippen LogP contribution in [0.4, 0.5) is 17.5 Å². The molecule has 1 aromatic carbocycles. The summed E-state index contributed by atoms with van der Waals surface area (Å²) in [5.41, 5.74) is 0.964. The fourth-order valence-electron chi connectivity index (χ4n) is 1.43. The summed E-state index contributed by atoms with van der Waals surface area (Å²) in [5, 5.41) is 6.40. The van der Waals surface area contributed by atoms with Crippen molar-refractivity contribution < 1.29 is 0 Å². The van der Waals surface area contributed by atoms with E-state index in [0.717, 1.165) is 28.9 Å². The number of hydrogen-bond donors (Lipinski definition) is 2. The lowest BCUT2D eigenvalue weighted by atomic mass is 10.3. The van der Waals surface area contributed by atoms with Gasteiger partial charge in [-0.25, -0.2) is 4.98 Å². The van der Waals surface area contributed by atoms with Crippen LogP contribution < -0.4 is 10.6 Å². The number of nitrogens with zero attached hydrogens (tertiary/aromatic N) is 2. The molecule has 1 heterocycles. The molecule has 0 saturated heterocycles. The average molecular weight is 307 g/mol.